The number of H-pyrrole nitrogens is 1. The maximum Gasteiger partial charge on any atom is 0.231 e. The molecule has 0 radical (unpaired) electrons. The fourth-order valence-electron chi connectivity index (χ4n) is 2.07. The van der Waals surface area contributed by atoms with Gasteiger partial charge in [0, 0.05) is 13.1 Å². The SMILES string of the molecule is Clc1nc(NCc2nn[nH]n2)nc(N2CCCCC2)n1. The summed E-state index contributed by atoms with van der Waals surface area (Å²) in [4.78, 5) is 14.7. The third-order valence-corrected chi connectivity index (χ3v) is 3.20. The normalized spacial score (nSPS) is 15.3. The molecule has 2 N–H and O–H groups in total. The first kappa shape index (κ1) is 13.0. The highest BCUT2D eigenvalue weighted by Crippen LogP contribution is 2.18. The summed E-state index contributed by atoms with van der Waals surface area (Å²) >= 11 is 5.95. The van der Waals surface area contributed by atoms with Crippen LogP contribution in [0.25, 0.3) is 0 Å². The van der Waals surface area contributed by atoms with Gasteiger partial charge in [-0.1, -0.05) is 5.21 Å². The van der Waals surface area contributed by atoms with Crippen LogP contribution in [-0.4, -0.2) is 48.7 Å². The van der Waals surface area contributed by atoms with Crippen molar-refractivity contribution >= 4 is 23.5 Å². The van der Waals surface area contributed by atoms with Gasteiger partial charge in [0.2, 0.25) is 17.2 Å². The van der Waals surface area contributed by atoms with E-state index in [4.69, 9.17) is 11.6 Å². The Hall–Kier alpha value is -2.03. The summed E-state index contributed by atoms with van der Waals surface area (Å²) in [5, 5.41) is 16.7. The van der Waals surface area contributed by atoms with Crippen molar-refractivity contribution in [1.82, 2.24) is 35.6 Å². The molecule has 3 heterocycles. The molecule has 0 amide bonds. The van der Waals surface area contributed by atoms with E-state index < -0.39 is 0 Å². The van der Waals surface area contributed by atoms with E-state index in [0.29, 0.717) is 24.3 Å². The fourth-order valence-corrected chi connectivity index (χ4v) is 2.23. The van der Waals surface area contributed by atoms with Gasteiger partial charge in [0.25, 0.3) is 0 Å². The van der Waals surface area contributed by atoms with Gasteiger partial charge in [0.05, 0.1) is 6.54 Å². The van der Waals surface area contributed by atoms with Crippen LogP contribution in [-0.2, 0) is 6.54 Å². The van der Waals surface area contributed by atoms with Gasteiger partial charge in [-0.3, -0.25) is 0 Å². The van der Waals surface area contributed by atoms with Crippen LogP contribution in [0.2, 0.25) is 5.28 Å². The molecule has 0 unspecified atom stereocenters. The zero-order valence-electron chi connectivity index (χ0n) is 10.8. The van der Waals surface area contributed by atoms with E-state index in [1.165, 1.54) is 6.42 Å². The summed E-state index contributed by atoms with van der Waals surface area (Å²) in [6.07, 6.45) is 3.54. The first-order valence-corrected chi connectivity index (χ1v) is 6.82. The fraction of sp³-hybridized carbons (Fsp3) is 0.600. The smallest absolute Gasteiger partial charge is 0.231 e. The van der Waals surface area contributed by atoms with Gasteiger partial charge in [0.15, 0.2) is 5.82 Å². The number of hydrogen-bond donors (Lipinski definition) is 2. The molecule has 1 fully saturated rings. The van der Waals surface area contributed by atoms with Crippen LogP contribution in [0.3, 0.4) is 0 Å². The molecule has 0 spiro atoms. The Morgan fingerprint density at radius 2 is 2.00 bits per heavy atom. The molecule has 2 aromatic rings. The third-order valence-electron chi connectivity index (χ3n) is 3.03. The van der Waals surface area contributed by atoms with Crippen LogP contribution < -0.4 is 10.2 Å². The second kappa shape index (κ2) is 5.95. The molecule has 2 aromatic heterocycles. The Morgan fingerprint density at radius 1 is 1.15 bits per heavy atom. The maximum atomic E-state index is 5.95. The molecule has 1 saturated heterocycles. The summed E-state index contributed by atoms with van der Waals surface area (Å²) in [5.74, 6) is 1.55. The van der Waals surface area contributed by atoms with E-state index >= 15 is 0 Å². The molecule has 3 rings (SSSR count). The van der Waals surface area contributed by atoms with Gasteiger partial charge >= 0.3 is 0 Å². The molecule has 9 nitrogen and oxygen atoms in total. The number of hydrogen-bond acceptors (Lipinski definition) is 8. The Morgan fingerprint density at radius 3 is 2.75 bits per heavy atom. The lowest BCUT2D eigenvalue weighted by molar-refractivity contribution is 0.567. The predicted octanol–water partition coefficient (Wildman–Crippen LogP) is 0.640. The third kappa shape index (κ3) is 3.10. The number of aromatic nitrogens is 7. The van der Waals surface area contributed by atoms with Gasteiger partial charge in [-0.2, -0.15) is 20.2 Å². The summed E-state index contributed by atoms with van der Waals surface area (Å²) in [5.41, 5.74) is 0. The Bertz CT molecular complexity index is 552. The van der Waals surface area contributed by atoms with Gasteiger partial charge in [-0.15, -0.1) is 10.2 Å². The van der Waals surface area contributed by atoms with Crippen molar-refractivity contribution in [1.29, 1.82) is 0 Å². The van der Waals surface area contributed by atoms with Crippen LogP contribution in [0.5, 0.6) is 0 Å². The van der Waals surface area contributed by atoms with Crippen molar-refractivity contribution in [3.05, 3.63) is 11.1 Å². The van der Waals surface area contributed by atoms with Gasteiger partial charge in [0.1, 0.15) is 0 Å². The molecule has 1 aliphatic heterocycles. The van der Waals surface area contributed by atoms with Gasteiger partial charge in [-0.05, 0) is 30.9 Å². The van der Waals surface area contributed by atoms with E-state index in [-0.39, 0.29) is 5.28 Å². The van der Waals surface area contributed by atoms with Gasteiger partial charge in [-0.25, -0.2) is 0 Å². The zero-order chi connectivity index (χ0) is 13.8. The Labute approximate surface area is 120 Å². The van der Waals surface area contributed by atoms with Crippen LogP contribution in [0.1, 0.15) is 25.1 Å². The predicted molar refractivity (Wildman–Crippen MR) is 72.4 cm³/mol. The van der Waals surface area contributed by atoms with Crippen LogP contribution in [0.4, 0.5) is 11.9 Å². The molecule has 106 valence electrons. The highest BCUT2D eigenvalue weighted by Gasteiger charge is 2.15. The number of aromatic amines is 1. The Balaban J connectivity index is 1.72. The minimum Gasteiger partial charge on any atom is -0.347 e. The number of anilines is 2. The summed E-state index contributed by atoms with van der Waals surface area (Å²) in [6.45, 7) is 2.27. The van der Waals surface area contributed by atoms with E-state index in [1.807, 2.05) is 0 Å². The number of halogens is 1. The lowest BCUT2D eigenvalue weighted by Crippen LogP contribution is -2.31. The standard InChI is InChI=1S/C10H14ClN9/c11-8-13-9(12-6-7-16-18-19-17-7)15-10(14-8)20-4-2-1-3-5-20/h1-6H2,(H,12,13,14,15)(H,16,17,18,19). The molecule has 0 aliphatic carbocycles. The number of piperidine rings is 1. The van der Waals surface area contributed by atoms with E-state index in [2.05, 4.69) is 45.8 Å². The lowest BCUT2D eigenvalue weighted by Gasteiger charge is -2.26. The molecular formula is C10H14ClN9. The highest BCUT2D eigenvalue weighted by molar-refractivity contribution is 6.28. The first-order valence-electron chi connectivity index (χ1n) is 6.44. The summed E-state index contributed by atoms with van der Waals surface area (Å²) < 4.78 is 0. The van der Waals surface area contributed by atoms with Crippen molar-refractivity contribution in [3.8, 4) is 0 Å². The van der Waals surface area contributed by atoms with Crippen LogP contribution in [0, 0.1) is 0 Å². The van der Waals surface area contributed by atoms with Crippen LogP contribution >= 0.6 is 11.6 Å². The molecule has 0 saturated carbocycles. The largest absolute Gasteiger partial charge is 0.347 e. The second-order valence-corrected chi connectivity index (χ2v) is 4.80. The van der Waals surface area contributed by atoms with E-state index in [9.17, 15) is 0 Å². The van der Waals surface area contributed by atoms with Crippen molar-refractivity contribution in [2.75, 3.05) is 23.3 Å². The number of tetrazole rings is 1. The minimum absolute atomic E-state index is 0.177. The number of nitrogens with zero attached hydrogens (tertiary/aromatic N) is 7. The van der Waals surface area contributed by atoms with E-state index in [0.717, 1.165) is 25.9 Å². The van der Waals surface area contributed by atoms with Crippen LogP contribution in [0.15, 0.2) is 0 Å². The average Bonchev–Trinajstić information content (AvgIpc) is 2.99. The highest BCUT2D eigenvalue weighted by atomic mass is 35.5. The van der Waals surface area contributed by atoms with Gasteiger partial charge < -0.3 is 10.2 Å². The molecule has 1 aliphatic rings. The molecule has 0 aromatic carbocycles. The summed E-state index contributed by atoms with van der Waals surface area (Å²) in [6, 6.07) is 0. The lowest BCUT2D eigenvalue weighted by atomic mass is 10.1. The first-order chi connectivity index (χ1) is 9.81. The van der Waals surface area contributed by atoms with Crippen molar-refractivity contribution in [2.24, 2.45) is 0 Å². The Kier molecular flexibility index (Phi) is 3.86. The van der Waals surface area contributed by atoms with Crippen molar-refractivity contribution in [2.45, 2.75) is 25.8 Å². The zero-order valence-corrected chi connectivity index (χ0v) is 11.5. The molecule has 0 atom stereocenters. The second-order valence-electron chi connectivity index (χ2n) is 4.46. The number of rotatable bonds is 4. The average molecular weight is 296 g/mol. The minimum atomic E-state index is 0.177. The molecule has 10 heteroatoms. The number of nitrogens with one attached hydrogen (secondary N) is 2. The summed E-state index contributed by atoms with van der Waals surface area (Å²) in [7, 11) is 0. The van der Waals surface area contributed by atoms with Crippen molar-refractivity contribution in [3.63, 3.8) is 0 Å². The topological polar surface area (TPSA) is 108 Å². The quantitative estimate of drug-likeness (QED) is 0.846. The molecule has 0 bridgehead atoms. The van der Waals surface area contributed by atoms with E-state index in [1.54, 1.807) is 0 Å². The maximum absolute atomic E-state index is 5.95. The monoisotopic (exact) mass is 295 g/mol. The molecule has 20 heavy (non-hydrogen) atoms. The molecular weight excluding hydrogens is 282 g/mol. The van der Waals surface area contributed by atoms with Crippen molar-refractivity contribution < 1.29 is 0 Å².